The fourth-order valence-corrected chi connectivity index (χ4v) is 2.63. The second-order valence-corrected chi connectivity index (χ2v) is 5.98. The number of nitroso groups, excluding NO2 is 1. The monoisotopic (exact) mass is 268 g/mol. The Morgan fingerprint density at radius 1 is 1.82 bits per heavy atom. The van der Waals surface area contributed by atoms with Gasteiger partial charge in [0.25, 0.3) is 0 Å². The van der Waals surface area contributed by atoms with Gasteiger partial charge in [-0.15, -0.1) is 0 Å². The third-order valence-electron chi connectivity index (χ3n) is 1.97. The summed E-state index contributed by atoms with van der Waals surface area (Å²) in [6.07, 6.45) is 2.70. The molecule has 0 aliphatic rings. The zero-order valence-corrected chi connectivity index (χ0v) is 9.46. The van der Waals surface area contributed by atoms with E-state index in [2.05, 4.69) is 23.6 Å². The van der Waals surface area contributed by atoms with Crippen LogP contribution in [0.4, 0.5) is 0 Å². The number of alkyl halides is 2. The molecule has 0 amide bonds. The Bertz CT molecular complexity index is 149. The first-order valence-corrected chi connectivity index (χ1v) is 6.84. The van der Waals surface area contributed by atoms with E-state index in [1.54, 1.807) is 0 Å². The van der Waals surface area contributed by atoms with E-state index in [1.807, 2.05) is 13.0 Å². The van der Waals surface area contributed by atoms with E-state index < -0.39 is 0 Å². The fraction of sp³-hybridized carbons (Fsp3) is 0.750. The second-order valence-electron chi connectivity index (χ2n) is 2.57. The number of nitrogens with zero attached hydrogens (tertiary/aromatic N) is 1. The molecule has 0 aliphatic heterocycles. The van der Waals surface area contributed by atoms with E-state index in [0.29, 0.717) is 0 Å². The van der Waals surface area contributed by atoms with Crippen LogP contribution in [-0.4, -0.2) is 14.4 Å². The Morgan fingerprint density at radius 3 is 2.45 bits per heavy atom. The Morgan fingerprint density at radius 2 is 2.36 bits per heavy atom. The van der Waals surface area contributed by atoms with Crippen LogP contribution in [-0.2, 0) is 0 Å². The van der Waals surface area contributed by atoms with E-state index in [4.69, 9.17) is 0 Å². The zero-order chi connectivity index (χ0) is 8.91. The molecule has 0 spiro atoms. The van der Waals surface area contributed by atoms with Gasteiger partial charge in [-0.1, -0.05) is 0 Å². The summed E-state index contributed by atoms with van der Waals surface area (Å²) >= 11 is -0.00696. The number of rotatable bonds is 5. The van der Waals surface area contributed by atoms with Crippen molar-refractivity contribution in [3.05, 3.63) is 17.6 Å². The van der Waals surface area contributed by atoms with Crippen molar-refractivity contribution in [1.82, 2.24) is 0 Å². The van der Waals surface area contributed by atoms with Gasteiger partial charge in [-0.2, -0.15) is 0 Å². The normalized spacial score (nSPS) is 18.8. The molecule has 0 aromatic rings. The standard InChI is InChI=1S/C8H15INO/c1-5-7(10-11)8(3,6-2)9-4/h6-7H,2,5H2,1,3-4H3/q-1. The van der Waals surface area contributed by atoms with E-state index >= 15 is 0 Å². The average Bonchev–Trinajstić information content (AvgIpc) is 2.06. The van der Waals surface area contributed by atoms with Crippen molar-refractivity contribution in [2.75, 3.05) is 4.93 Å². The van der Waals surface area contributed by atoms with Crippen LogP contribution in [0.3, 0.4) is 0 Å². The molecular formula is C8H15INO-. The number of hydrogen-bond donors (Lipinski definition) is 0. The fourth-order valence-electron chi connectivity index (χ4n) is 0.916. The predicted molar refractivity (Wildman–Crippen MR) is 44.4 cm³/mol. The van der Waals surface area contributed by atoms with Crippen molar-refractivity contribution in [3.63, 3.8) is 0 Å². The molecule has 0 aliphatic carbocycles. The molecule has 0 radical (unpaired) electrons. The van der Waals surface area contributed by atoms with Gasteiger partial charge in [-0.05, 0) is 0 Å². The van der Waals surface area contributed by atoms with Crippen molar-refractivity contribution >= 4 is 0 Å². The van der Waals surface area contributed by atoms with Gasteiger partial charge < -0.3 is 0 Å². The maximum absolute atomic E-state index is 10.4. The maximum atomic E-state index is 10.4. The molecule has 0 N–H and O–H groups in total. The van der Waals surface area contributed by atoms with Gasteiger partial charge in [-0.25, -0.2) is 0 Å². The molecule has 3 heteroatoms. The van der Waals surface area contributed by atoms with E-state index in [0.717, 1.165) is 6.42 Å². The molecule has 66 valence electrons. The summed E-state index contributed by atoms with van der Waals surface area (Å²) in [5.74, 6) is 0. The van der Waals surface area contributed by atoms with Gasteiger partial charge in [-0.3, -0.25) is 0 Å². The van der Waals surface area contributed by atoms with E-state index in [9.17, 15) is 4.91 Å². The summed E-state index contributed by atoms with van der Waals surface area (Å²) in [7, 11) is 0. The quantitative estimate of drug-likeness (QED) is 0.278. The first-order chi connectivity index (χ1) is 5.14. The van der Waals surface area contributed by atoms with E-state index in [-0.39, 0.29) is 30.7 Å². The first kappa shape index (κ1) is 11.1. The Labute approximate surface area is 78.7 Å². The molecule has 2 atom stereocenters. The van der Waals surface area contributed by atoms with Crippen LogP contribution >= 0.6 is 0 Å². The second kappa shape index (κ2) is 4.85. The molecule has 0 aromatic carbocycles. The van der Waals surface area contributed by atoms with Gasteiger partial charge >= 0.3 is 78.6 Å². The summed E-state index contributed by atoms with van der Waals surface area (Å²) in [5, 5.41) is 3.13. The SMILES string of the molecule is C=CC(C)([I-]C)C(CC)N=O. The summed E-state index contributed by atoms with van der Waals surface area (Å²) < 4.78 is -0.00458. The first-order valence-electron chi connectivity index (χ1n) is 3.61. The number of hydrogen-bond acceptors (Lipinski definition) is 2. The molecule has 0 heterocycles. The summed E-state index contributed by atoms with van der Waals surface area (Å²) in [6.45, 7) is 7.81. The van der Waals surface area contributed by atoms with Gasteiger partial charge in [0.05, 0.1) is 0 Å². The molecule has 2 nitrogen and oxygen atoms in total. The Balaban J connectivity index is 4.43. The minimum absolute atomic E-state index is 0.00458. The van der Waals surface area contributed by atoms with Crippen molar-refractivity contribution < 1.29 is 21.2 Å². The predicted octanol–water partition coefficient (Wildman–Crippen LogP) is -0.805. The zero-order valence-electron chi connectivity index (χ0n) is 7.30. The van der Waals surface area contributed by atoms with Gasteiger partial charge in [0.15, 0.2) is 0 Å². The van der Waals surface area contributed by atoms with Crippen molar-refractivity contribution in [1.29, 1.82) is 0 Å². The molecule has 0 bridgehead atoms. The van der Waals surface area contributed by atoms with Crippen molar-refractivity contribution in [2.45, 2.75) is 29.7 Å². The van der Waals surface area contributed by atoms with Crippen LogP contribution < -0.4 is 21.2 Å². The minimum atomic E-state index is -0.0715. The third-order valence-corrected chi connectivity index (χ3v) is 5.46. The molecule has 11 heavy (non-hydrogen) atoms. The van der Waals surface area contributed by atoms with Crippen LogP contribution in [0.2, 0.25) is 0 Å². The van der Waals surface area contributed by atoms with Crippen LogP contribution in [0, 0.1) is 4.91 Å². The molecule has 2 unspecified atom stereocenters. The van der Waals surface area contributed by atoms with Crippen LogP contribution in [0.15, 0.2) is 17.8 Å². The Kier molecular flexibility index (Phi) is 4.88. The molecular weight excluding hydrogens is 253 g/mol. The van der Waals surface area contributed by atoms with E-state index in [1.165, 1.54) is 0 Å². The van der Waals surface area contributed by atoms with Gasteiger partial charge in [0, 0.05) is 0 Å². The van der Waals surface area contributed by atoms with Crippen molar-refractivity contribution in [2.24, 2.45) is 5.18 Å². The van der Waals surface area contributed by atoms with Crippen LogP contribution in [0.25, 0.3) is 0 Å². The summed E-state index contributed by atoms with van der Waals surface area (Å²) in [5.41, 5.74) is 0. The third kappa shape index (κ3) is 2.54. The Hall–Kier alpha value is 0.0700. The summed E-state index contributed by atoms with van der Waals surface area (Å²) in [4.78, 5) is 12.6. The topological polar surface area (TPSA) is 29.4 Å². The van der Waals surface area contributed by atoms with Gasteiger partial charge in [0.2, 0.25) is 0 Å². The average molecular weight is 268 g/mol. The molecule has 0 saturated heterocycles. The van der Waals surface area contributed by atoms with Gasteiger partial charge in [0.1, 0.15) is 0 Å². The van der Waals surface area contributed by atoms with Crippen LogP contribution in [0.5, 0.6) is 0 Å². The molecule has 0 aromatic heterocycles. The van der Waals surface area contributed by atoms with Crippen LogP contribution in [0.1, 0.15) is 20.3 Å². The van der Waals surface area contributed by atoms with Crippen molar-refractivity contribution in [3.8, 4) is 0 Å². The molecule has 0 rings (SSSR count). The summed E-state index contributed by atoms with van der Waals surface area (Å²) in [6, 6.07) is -0.0715. The number of halogens is 1. The molecule has 0 fully saturated rings. The molecule has 0 saturated carbocycles.